The van der Waals surface area contributed by atoms with Crippen molar-refractivity contribution in [2.24, 2.45) is 17.8 Å². The number of nitrogens with zero attached hydrogens (tertiary/aromatic N) is 1. The summed E-state index contributed by atoms with van der Waals surface area (Å²) in [6, 6.07) is 0.809. The van der Waals surface area contributed by atoms with Crippen LogP contribution < -0.4 is 10.6 Å². The van der Waals surface area contributed by atoms with Crippen LogP contribution in [0.2, 0.25) is 0 Å². The number of urea groups is 1. The number of hydrogen-bond donors (Lipinski definition) is 2. The van der Waals surface area contributed by atoms with Crippen molar-refractivity contribution in [2.45, 2.75) is 82.7 Å². The zero-order valence-electron chi connectivity index (χ0n) is 15.4. The molecule has 4 bridgehead atoms. The highest BCUT2D eigenvalue weighted by molar-refractivity contribution is 5.74. The summed E-state index contributed by atoms with van der Waals surface area (Å²) >= 11 is 0. The van der Waals surface area contributed by atoms with Crippen LogP contribution in [0.3, 0.4) is 0 Å². The number of piperidine rings is 1. The standard InChI is InChI=1S/C20H35N3O/c1-15-5-2-3-7-23(15)8-4-6-21-19(24)22-20-12-16-9-17(13-20)11-18(10-16)14-20/h15-18H,2-14H2,1H3,(H2,21,22,24). The van der Waals surface area contributed by atoms with Crippen molar-refractivity contribution >= 4 is 6.03 Å². The van der Waals surface area contributed by atoms with Gasteiger partial charge in [0.2, 0.25) is 0 Å². The first kappa shape index (κ1) is 16.7. The third-order valence-corrected chi connectivity index (χ3v) is 7.27. The van der Waals surface area contributed by atoms with Crippen LogP contribution in [0.5, 0.6) is 0 Å². The Morgan fingerprint density at radius 3 is 2.38 bits per heavy atom. The van der Waals surface area contributed by atoms with E-state index in [9.17, 15) is 4.79 Å². The lowest BCUT2D eigenvalue weighted by Gasteiger charge is -2.56. The van der Waals surface area contributed by atoms with Gasteiger partial charge >= 0.3 is 6.03 Å². The van der Waals surface area contributed by atoms with Gasteiger partial charge in [0.1, 0.15) is 0 Å². The van der Waals surface area contributed by atoms with Crippen molar-refractivity contribution in [1.29, 1.82) is 0 Å². The fraction of sp³-hybridized carbons (Fsp3) is 0.950. The van der Waals surface area contributed by atoms with Gasteiger partial charge in [-0.2, -0.15) is 0 Å². The van der Waals surface area contributed by atoms with Crippen LogP contribution in [0.25, 0.3) is 0 Å². The van der Waals surface area contributed by atoms with Gasteiger partial charge in [-0.25, -0.2) is 4.79 Å². The molecule has 1 atom stereocenters. The molecule has 4 heteroatoms. The van der Waals surface area contributed by atoms with E-state index in [0.717, 1.165) is 43.3 Å². The molecule has 2 amide bonds. The highest BCUT2D eigenvalue weighted by Gasteiger charge is 2.51. The lowest BCUT2D eigenvalue weighted by Crippen LogP contribution is -2.61. The van der Waals surface area contributed by atoms with Gasteiger partial charge in [-0.15, -0.1) is 0 Å². The summed E-state index contributed by atoms with van der Waals surface area (Å²) < 4.78 is 0. The first-order valence-electron chi connectivity index (χ1n) is 10.4. The maximum Gasteiger partial charge on any atom is 0.315 e. The van der Waals surface area contributed by atoms with Gasteiger partial charge in [0.25, 0.3) is 0 Å². The van der Waals surface area contributed by atoms with Crippen molar-refractivity contribution < 1.29 is 4.79 Å². The second-order valence-corrected chi connectivity index (χ2v) is 9.31. The number of carbonyl (C=O) groups excluding carboxylic acids is 1. The molecule has 0 aromatic heterocycles. The monoisotopic (exact) mass is 333 g/mol. The Kier molecular flexibility index (Phi) is 4.77. The second kappa shape index (κ2) is 6.86. The van der Waals surface area contributed by atoms with Gasteiger partial charge < -0.3 is 15.5 Å². The van der Waals surface area contributed by atoms with Crippen LogP contribution in [0.4, 0.5) is 4.79 Å². The summed E-state index contributed by atoms with van der Waals surface area (Å²) in [6.07, 6.45) is 13.1. The van der Waals surface area contributed by atoms with Crippen molar-refractivity contribution in [3.8, 4) is 0 Å². The van der Waals surface area contributed by atoms with Gasteiger partial charge in [0.15, 0.2) is 0 Å². The summed E-state index contributed by atoms with van der Waals surface area (Å²) in [5.41, 5.74) is 0.139. The van der Waals surface area contributed by atoms with Gasteiger partial charge in [-0.3, -0.25) is 0 Å². The molecule has 1 aliphatic heterocycles. The van der Waals surface area contributed by atoms with Gasteiger partial charge in [0.05, 0.1) is 0 Å². The van der Waals surface area contributed by atoms with E-state index in [0.29, 0.717) is 0 Å². The molecule has 0 radical (unpaired) electrons. The topological polar surface area (TPSA) is 44.4 Å². The summed E-state index contributed by atoms with van der Waals surface area (Å²) in [4.78, 5) is 15.0. The number of likely N-dealkylation sites (tertiary alicyclic amines) is 1. The van der Waals surface area contributed by atoms with Gasteiger partial charge in [-0.05, 0) is 89.0 Å². The normalized spacial score (nSPS) is 41.4. The van der Waals surface area contributed by atoms with Crippen LogP contribution in [0.1, 0.15) is 71.1 Å². The average molecular weight is 334 g/mol. The Balaban J connectivity index is 1.19. The quantitative estimate of drug-likeness (QED) is 0.756. The summed E-state index contributed by atoms with van der Waals surface area (Å²) in [6.45, 7) is 5.51. The number of hydrogen-bond acceptors (Lipinski definition) is 2. The summed E-state index contributed by atoms with van der Waals surface area (Å²) in [5.74, 6) is 2.66. The van der Waals surface area contributed by atoms with Crippen molar-refractivity contribution in [3.63, 3.8) is 0 Å². The SMILES string of the molecule is CC1CCCCN1CCCNC(=O)NC12CC3CC(CC(C3)C1)C2. The van der Waals surface area contributed by atoms with Crippen LogP contribution >= 0.6 is 0 Å². The molecule has 4 saturated carbocycles. The van der Waals surface area contributed by atoms with Crippen LogP contribution in [-0.2, 0) is 0 Å². The van der Waals surface area contributed by atoms with Gasteiger partial charge in [-0.1, -0.05) is 6.42 Å². The molecule has 1 saturated heterocycles. The highest BCUT2D eigenvalue weighted by Crippen LogP contribution is 2.55. The minimum Gasteiger partial charge on any atom is -0.338 e. The smallest absolute Gasteiger partial charge is 0.315 e. The maximum atomic E-state index is 12.4. The molecule has 0 spiro atoms. The first-order valence-corrected chi connectivity index (χ1v) is 10.4. The Morgan fingerprint density at radius 1 is 1.08 bits per heavy atom. The Morgan fingerprint density at radius 2 is 1.75 bits per heavy atom. The van der Waals surface area contributed by atoms with E-state index in [1.165, 1.54) is 64.3 Å². The average Bonchev–Trinajstić information content (AvgIpc) is 2.51. The predicted molar refractivity (Wildman–Crippen MR) is 96.9 cm³/mol. The summed E-state index contributed by atoms with van der Waals surface area (Å²) in [7, 11) is 0. The molecule has 136 valence electrons. The zero-order valence-corrected chi connectivity index (χ0v) is 15.4. The molecule has 24 heavy (non-hydrogen) atoms. The molecule has 1 heterocycles. The van der Waals surface area contributed by atoms with Crippen molar-refractivity contribution in [3.05, 3.63) is 0 Å². The molecular weight excluding hydrogens is 298 g/mol. The Bertz CT molecular complexity index is 429. The van der Waals surface area contributed by atoms with E-state index in [-0.39, 0.29) is 11.6 Å². The summed E-state index contributed by atoms with van der Waals surface area (Å²) in [5, 5.41) is 6.54. The van der Waals surface area contributed by atoms with Gasteiger partial charge in [0, 0.05) is 24.7 Å². The molecular formula is C20H35N3O. The maximum absolute atomic E-state index is 12.4. The van der Waals surface area contributed by atoms with E-state index in [1.54, 1.807) is 0 Å². The van der Waals surface area contributed by atoms with E-state index in [4.69, 9.17) is 0 Å². The Hall–Kier alpha value is -0.770. The highest BCUT2D eigenvalue weighted by atomic mass is 16.2. The molecule has 4 aliphatic carbocycles. The second-order valence-electron chi connectivity index (χ2n) is 9.31. The lowest BCUT2D eigenvalue weighted by atomic mass is 9.53. The minimum atomic E-state index is 0.0867. The third-order valence-electron chi connectivity index (χ3n) is 7.27. The van der Waals surface area contributed by atoms with Crippen LogP contribution in [0.15, 0.2) is 0 Å². The number of nitrogens with one attached hydrogen (secondary N) is 2. The first-order chi connectivity index (χ1) is 11.6. The fourth-order valence-electron chi connectivity index (χ4n) is 6.52. The molecule has 5 aliphatic rings. The molecule has 0 aromatic carbocycles. The largest absolute Gasteiger partial charge is 0.338 e. The predicted octanol–water partition coefficient (Wildman–Crippen LogP) is 3.52. The molecule has 5 fully saturated rings. The number of rotatable bonds is 5. The zero-order chi connectivity index (χ0) is 16.6. The minimum absolute atomic E-state index is 0.0867. The van der Waals surface area contributed by atoms with E-state index in [2.05, 4.69) is 22.5 Å². The fourth-order valence-corrected chi connectivity index (χ4v) is 6.52. The Labute approximate surface area is 147 Å². The van der Waals surface area contributed by atoms with E-state index in [1.807, 2.05) is 0 Å². The number of carbonyl (C=O) groups is 1. The number of amides is 2. The molecule has 1 unspecified atom stereocenters. The molecule has 5 rings (SSSR count). The van der Waals surface area contributed by atoms with Crippen molar-refractivity contribution in [2.75, 3.05) is 19.6 Å². The molecule has 2 N–H and O–H groups in total. The molecule has 0 aromatic rings. The lowest BCUT2D eigenvalue weighted by molar-refractivity contribution is -0.0135. The van der Waals surface area contributed by atoms with E-state index >= 15 is 0 Å². The van der Waals surface area contributed by atoms with Crippen LogP contribution in [0, 0.1) is 17.8 Å². The third kappa shape index (κ3) is 3.58. The van der Waals surface area contributed by atoms with Crippen LogP contribution in [-0.4, -0.2) is 42.1 Å². The van der Waals surface area contributed by atoms with Crippen molar-refractivity contribution in [1.82, 2.24) is 15.5 Å². The molecule has 4 nitrogen and oxygen atoms in total. The van der Waals surface area contributed by atoms with E-state index < -0.39 is 0 Å².